The molecule has 0 spiro atoms. The summed E-state index contributed by atoms with van der Waals surface area (Å²) < 4.78 is 7.81. The van der Waals surface area contributed by atoms with Crippen molar-refractivity contribution < 1.29 is 19.4 Å². The van der Waals surface area contributed by atoms with Gasteiger partial charge < -0.3 is 14.4 Å². The zero-order chi connectivity index (χ0) is 32.2. The number of nitrogens with zero attached hydrogens (tertiary/aromatic N) is 2. The van der Waals surface area contributed by atoms with Gasteiger partial charge in [0.25, 0.3) is 0 Å². The van der Waals surface area contributed by atoms with Gasteiger partial charge >= 0.3 is 11.9 Å². The number of carboxylic acid groups (broad SMARTS) is 1. The number of imidazole rings is 1. The van der Waals surface area contributed by atoms with Gasteiger partial charge in [0.15, 0.2) is 0 Å². The smallest absolute Gasteiger partial charge is 0.307 e. The molecule has 0 amide bonds. The summed E-state index contributed by atoms with van der Waals surface area (Å²) in [5, 5.41) is 10.2. The number of rotatable bonds is 11. The largest absolute Gasteiger partial charge is 0.481 e. The predicted molar refractivity (Wildman–Crippen MR) is 181 cm³/mol. The summed E-state index contributed by atoms with van der Waals surface area (Å²) in [6.07, 6.45) is 3.50. The maximum absolute atomic E-state index is 13.1. The molecular formula is C41H34N2O4. The number of benzene rings is 5. The number of fused-ring (bicyclic) bond motifs is 3. The standard InChI is InChI=1S/C41H34N2O4/c44-39(47-27-38-36-22-12-10-20-34(36)35-21-11-13-23-37(35)38)25-29(40(45)46)24-33-26-43(28-42-33)41(30-14-4-1-5-15-30,31-16-6-2-7-17-31)32-18-8-3-9-19-32/h1-23,26,28-29,38H,24-25,27H2,(H,45,46)/t29-/m1/s1. The van der Waals surface area contributed by atoms with Gasteiger partial charge in [-0.25, -0.2) is 4.98 Å². The Balaban J connectivity index is 1.14. The van der Waals surface area contributed by atoms with Crippen LogP contribution in [0.15, 0.2) is 152 Å². The molecule has 0 radical (unpaired) electrons. The molecule has 6 heteroatoms. The molecule has 1 aromatic heterocycles. The van der Waals surface area contributed by atoms with Crippen molar-refractivity contribution in [2.24, 2.45) is 5.92 Å². The van der Waals surface area contributed by atoms with Gasteiger partial charge in [0.1, 0.15) is 12.1 Å². The molecule has 0 unspecified atom stereocenters. The molecule has 5 aromatic carbocycles. The first-order valence-electron chi connectivity index (χ1n) is 15.8. The molecule has 7 rings (SSSR count). The van der Waals surface area contributed by atoms with E-state index in [0.29, 0.717) is 5.69 Å². The van der Waals surface area contributed by atoms with Crippen LogP contribution in [0.25, 0.3) is 11.1 Å². The second-order valence-corrected chi connectivity index (χ2v) is 11.9. The van der Waals surface area contributed by atoms with Gasteiger partial charge in [0.2, 0.25) is 0 Å². The number of carboxylic acids is 1. The normalized spacial score (nSPS) is 13.0. The molecule has 0 saturated heterocycles. The summed E-state index contributed by atoms with van der Waals surface area (Å²) in [7, 11) is 0. The highest BCUT2D eigenvalue weighted by atomic mass is 16.5. The van der Waals surface area contributed by atoms with Crippen molar-refractivity contribution in [1.29, 1.82) is 0 Å². The Hall–Kier alpha value is -5.75. The minimum Gasteiger partial charge on any atom is -0.481 e. The number of esters is 1. The fourth-order valence-electron chi connectivity index (χ4n) is 7.01. The van der Waals surface area contributed by atoms with Crippen LogP contribution in [0.5, 0.6) is 0 Å². The fourth-order valence-corrected chi connectivity index (χ4v) is 7.01. The molecule has 0 bridgehead atoms. The lowest BCUT2D eigenvalue weighted by Crippen LogP contribution is -2.37. The number of hydrogen-bond donors (Lipinski definition) is 1. The SMILES string of the molecule is O=C(C[C@@H](Cc1cn(C(c2ccccc2)(c2ccccc2)c2ccccc2)cn1)C(=O)O)OCC1c2ccccc2-c2ccccc21. The maximum atomic E-state index is 13.1. The van der Waals surface area contributed by atoms with E-state index in [2.05, 4.69) is 65.2 Å². The molecule has 0 saturated carbocycles. The Kier molecular flexibility index (Phi) is 8.23. The second-order valence-electron chi connectivity index (χ2n) is 11.9. The van der Waals surface area contributed by atoms with Crippen LogP contribution in [0.3, 0.4) is 0 Å². The van der Waals surface area contributed by atoms with Crippen LogP contribution in [-0.2, 0) is 26.3 Å². The molecule has 6 nitrogen and oxygen atoms in total. The number of aliphatic carboxylic acids is 1. The third-order valence-electron chi connectivity index (χ3n) is 9.19. The van der Waals surface area contributed by atoms with Gasteiger partial charge in [-0.3, -0.25) is 9.59 Å². The lowest BCUT2D eigenvalue weighted by Gasteiger charge is -2.37. The van der Waals surface area contributed by atoms with E-state index in [4.69, 9.17) is 9.72 Å². The highest BCUT2D eigenvalue weighted by Gasteiger charge is 2.39. The Morgan fingerprint density at radius 3 is 1.66 bits per heavy atom. The summed E-state index contributed by atoms with van der Waals surface area (Å²) in [5.74, 6) is -2.68. The third-order valence-corrected chi connectivity index (χ3v) is 9.19. The number of carbonyl (C=O) groups is 2. The lowest BCUT2D eigenvalue weighted by atomic mass is 9.77. The molecule has 1 aliphatic rings. The van der Waals surface area contributed by atoms with Gasteiger partial charge in [0.05, 0.1) is 24.4 Å². The molecular weight excluding hydrogens is 584 g/mol. The van der Waals surface area contributed by atoms with Gasteiger partial charge in [0, 0.05) is 18.5 Å². The zero-order valence-corrected chi connectivity index (χ0v) is 25.8. The van der Waals surface area contributed by atoms with E-state index >= 15 is 0 Å². The summed E-state index contributed by atoms with van der Waals surface area (Å²) in [5.41, 5.74) is 7.43. The molecule has 0 aliphatic heterocycles. The molecule has 232 valence electrons. The van der Waals surface area contributed by atoms with Crippen LogP contribution in [0.4, 0.5) is 0 Å². The number of ether oxygens (including phenoxy) is 1. The molecule has 1 N–H and O–H groups in total. The zero-order valence-electron chi connectivity index (χ0n) is 25.8. The van der Waals surface area contributed by atoms with E-state index in [1.807, 2.05) is 85.1 Å². The fraction of sp³-hybridized carbons (Fsp3) is 0.146. The first-order chi connectivity index (χ1) is 23.1. The van der Waals surface area contributed by atoms with Crippen molar-refractivity contribution in [3.63, 3.8) is 0 Å². The quantitative estimate of drug-likeness (QED) is 0.119. The second kappa shape index (κ2) is 12.9. The van der Waals surface area contributed by atoms with Gasteiger partial charge in [-0.1, -0.05) is 140 Å². The van der Waals surface area contributed by atoms with Crippen LogP contribution < -0.4 is 0 Å². The van der Waals surface area contributed by atoms with Crippen LogP contribution in [-0.4, -0.2) is 33.2 Å². The van der Waals surface area contributed by atoms with Gasteiger partial charge in [-0.05, 0) is 38.9 Å². The summed E-state index contributed by atoms with van der Waals surface area (Å²) >= 11 is 0. The van der Waals surface area contributed by atoms with Crippen molar-refractivity contribution in [3.8, 4) is 11.1 Å². The highest BCUT2D eigenvalue weighted by molar-refractivity contribution is 5.80. The predicted octanol–water partition coefficient (Wildman–Crippen LogP) is 7.71. The van der Waals surface area contributed by atoms with Crippen molar-refractivity contribution in [1.82, 2.24) is 9.55 Å². The average molecular weight is 619 g/mol. The monoisotopic (exact) mass is 618 g/mol. The van der Waals surface area contributed by atoms with Gasteiger partial charge in [-0.2, -0.15) is 0 Å². The number of hydrogen-bond acceptors (Lipinski definition) is 4. The van der Waals surface area contributed by atoms with E-state index in [0.717, 1.165) is 38.9 Å². The Morgan fingerprint density at radius 2 is 1.17 bits per heavy atom. The van der Waals surface area contributed by atoms with E-state index in [9.17, 15) is 14.7 Å². The highest BCUT2D eigenvalue weighted by Crippen LogP contribution is 2.45. The lowest BCUT2D eigenvalue weighted by molar-refractivity contribution is -0.151. The average Bonchev–Trinajstić information content (AvgIpc) is 3.71. The number of carbonyl (C=O) groups excluding carboxylic acids is 1. The molecule has 1 heterocycles. The number of aromatic nitrogens is 2. The van der Waals surface area contributed by atoms with Crippen molar-refractivity contribution >= 4 is 11.9 Å². The van der Waals surface area contributed by atoms with E-state index in [-0.39, 0.29) is 25.4 Å². The molecule has 1 atom stereocenters. The molecule has 0 fully saturated rings. The van der Waals surface area contributed by atoms with Crippen LogP contribution in [0.2, 0.25) is 0 Å². The summed E-state index contributed by atoms with van der Waals surface area (Å²) in [6, 6.07) is 46.9. The summed E-state index contributed by atoms with van der Waals surface area (Å²) in [6.45, 7) is 0.154. The van der Waals surface area contributed by atoms with Crippen molar-refractivity contribution in [3.05, 3.63) is 186 Å². The molecule has 6 aromatic rings. The minimum absolute atomic E-state index is 0.0843. The van der Waals surface area contributed by atoms with Crippen LogP contribution in [0.1, 0.15) is 45.8 Å². The Morgan fingerprint density at radius 1 is 0.702 bits per heavy atom. The topological polar surface area (TPSA) is 81.4 Å². The first-order valence-corrected chi connectivity index (χ1v) is 15.8. The Bertz CT molecular complexity index is 1860. The third kappa shape index (κ3) is 5.63. The van der Waals surface area contributed by atoms with Crippen LogP contribution >= 0.6 is 0 Å². The Labute approximate surface area is 274 Å². The van der Waals surface area contributed by atoms with Gasteiger partial charge in [-0.15, -0.1) is 0 Å². The van der Waals surface area contributed by atoms with Crippen molar-refractivity contribution in [2.75, 3.05) is 6.61 Å². The van der Waals surface area contributed by atoms with E-state index < -0.39 is 23.4 Å². The van der Waals surface area contributed by atoms with Crippen LogP contribution in [0, 0.1) is 5.92 Å². The minimum atomic E-state index is -1.06. The van der Waals surface area contributed by atoms with Crippen molar-refractivity contribution in [2.45, 2.75) is 24.3 Å². The first kappa shape index (κ1) is 29.9. The summed E-state index contributed by atoms with van der Waals surface area (Å²) in [4.78, 5) is 30.3. The van der Waals surface area contributed by atoms with E-state index in [1.165, 1.54) is 0 Å². The molecule has 1 aliphatic carbocycles. The van der Waals surface area contributed by atoms with E-state index in [1.54, 1.807) is 6.33 Å². The molecule has 47 heavy (non-hydrogen) atoms. The maximum Gasteiger partial charge on any atom is 0.307 e.